The maximum Gasteiger partial charge on any atom is 0.278 e. The van der Waals surface area contributed by atoms with E-state index in [4.69, 9.17) is 4.74 Å². The molecule has 3 rings (SSSR count). The third-order valence-electron chi connectivity index (χ3n) is 4.61. The van der Waals surface area contributed by atoms with Gasteiger partial charge in [-0.15, -0.1) is 0 Å². The topological polar surface area (TPSA) is 89.0 Å². The zero-order valence-electron chi connectivity index (χ0n) is 17.1. The van der Waals surface area contributed by atoms with E-state index >= 15 is 0 Å². The van der Waals surface area contributed by atoms with Crippen LogP contribution in [0.1, 0.15) is 38.9 Å². The van der Waals surface area contributed by atoms with Crippen molar-refractivity contribution in [3.8, 4) is 5.75 Å². The number of benzene rings is 1. The lowest BCUT2D eigenvalue weighted by Crippen LogP contribution is -2.26. The van der Waals surface area contributed by atoms with Gasteiger partial charge in [0.1, 0.15) is 11.3 Å². The Morgan fingerprint density at radius 1 is 1.34 bits per heavy atom. The summed E-state index contributed by atoms with van der Waals surface area (Å²) < 4.78 is 7.22. The van der Waals surface area contributed by atoms with Crippen molar-refractivity contribution in [1.82, 2.24) is 14.5 Å². The lowest BCUT2D eigenvalue weighted by atomic mass is 10.2. The van der Waals surface area contributed by atoms with E-state index in [1.54, 1.807) is 10.6 Å². The summed E-state index contributed by atoms with van der Waals surface area (Å²) in [4.78, 5) is 33.2. The first-order chi connectivity index (χ1) is 13.9. The molecule has 0 radical (unpaired) electrons. The first-order valence-electron chi connectivity index (χ1n) is 9.70. The Morgan fingerprint density at radius 2 is 2.10 bits per heavy atom. The van der Waals surface area contributed by atoms with E-state index in [0.717, 1.165) is 12.1 Å². The molecule has 0 fully saturated rings. The fourth-order valence-corrected chi connectivity index (χ4v) is 3.93. The number of carbonyl (C=O) groups is 1. The highest BCUT2D eigenvalue weighted by molar-refractivity contribution is 7.99. The maximum atomic E-state index is 13.0. The lowest BCUT2D eigenvalue weighted by molar-refractivity contribution is -0.113. The minimum absolute atomic E-state index is 0.0211. The van der Waals surface area contributed by atoms with Gasteiger partial charge in [0.2, 0.25) is 5.91 Å². The Morgan fingerprint density at radius 3 is 2.83 bits per heavy atom. The molecule has 0 aliphatic rings. The van der Waals surface area contributed by atoms with Crippen LogP contribution in [0.4, 0.5) is 5.69 Å². The van der Waals surface area contributed by atoms with Gasteiger partial charge in [0.15, 0.2) is 5.16 Å². The van der Waals surface area contributed by atoms with Crippen LogP contribution in [0.2, 0.25) is 0 Å². The van der Waals surface area contributed by atoms with E-state index in [0.29, 0.717) is 34.2 Å². The predicted octanol–water partition coefficient (Wildman–Crippen LogP) is 4.13. The number of fused-ring (bicyclic) bond motifs is 1. The number of H-pyrrole nitrogens is 1. The number of nitrogens with one attached hydrogen (secondary N) is 2. The normalized spacial score (nSPS) is 12.1. The van der Waals surface area contributed by atoms with Crippen LogP contribution in [-0.2, 0) is 4.79 Å². The SMILES string of the molecule is CCOc1ccccc1NC(=O)CSc1nc2cc(C)[nH]c2c(=O)n1[C@@H](C)CC. The van der Waals surface area contributed by atoms with Gasteiger partial charge in [-0.05, 0) is 45.4 Å². The molecule has 0 bridgehead atoms. The molecule has 7 nitrogen and oxygen atoms in total. The molecule has 1 amide bonds. The summed E-state index contributed by atoms with van der Waals surface area (Å²) in [6.07, 6.45) is 0.786. The number of amides is 1. The summed E-state index contributed by atoms with van der Waals surface area (Å²) in [5.74, 6) is 0.586. The van der Waals surface area contributed by atoms with E-state index in [1.165, 1.54) is 11.8 Å². The van der Waals surface area contributed by atoms with Crippen molar-refractivity contribution in [2.75, 3.05) is 17.7 Å². The zero-order valence-corrected chi connectivity index (χ0v) is 17.9. The average Bonchev–Trinajstić information content (AvgIpc) is 3.08. The quantitative estimate of drug-likeness (QED) is 0.427. The first-order valence-corrected chi connectivity index (χ1v) is 10.7. The molecule has 3 aromatic rings. The zero-order chi connectivity index (χ0) is 21.0. The molecule has 2 heterocycles. The van der Waals surface area contributed by atoms with Crippen molar-refractivity contribution in [3.63, 3.8) is 0 Å². The average molecular weight is 415 g/mol. The van der Waals surface area contributed by atoms with Crippen LogP contribution >= 0.6 is 11.8 Å². The number of nitrogens with zero attached hydrogens (tertiary/aromatic N) is 2. The number of hydrogen-bond donors (Lipinski definition) is 2. The van der Waals surface area contributed by atoms with Crippen molar-refractivity contribution in [3.05, 3.63) is 46.4 Å². The van der Waals surface area contributed by atoms with Crippen LogP contribution in [-0.4, -0.2) is 32.8 Å². The lowest BCUT2D eigenvalue weighted by Gasteiger charge is -2.17. The second kappa shape index (κ2) is 9.17. The van der Waals surface area contributed by atoms with Gasteiger partial charge in [0.25, 0.3) is 5.56 Å². The molecule has 29 heavy (non-hydrogen) atoms. The third-order valence-corrected chi connectivity index (χ3v) is 5.56. The molecular formula is C21H26N4O3S. The highest BCUT2D eigenvalue weighted by atomic mass is 32.2. The van der Waals surface area contributed by atoms with Crippen molar-refractivity contribution in [2.24, 2.45) is 0 Å². The van der Waals surface area contributed by atoms with Crippen molar-refractivity contribution in [2.45, 2.75) is 45.3 Å². The van der Waals surface area contributed by atoms with Gasteiger partial charge < -0.3 is 15.0 Å². The van der Waals surface area contributed by atoms with Gasteiger partial charge in [0, 0.05) is 11.7 Å². The van der Waals surface area contributed by atoms with Crippen LogP contribution in [0, 0.1) is 6.92 Å². The summed E-state index contributed by atoms with van der Waals surface area (Å²) >= 11 is 1.26. The monoisotopic (exact) mass is 414 g/mol. The Balaban J connectivity index is 1.83. The number of aromatic amines is 1. The van der Waals surface area contributed by atoms with Gasteiger partial charge >= 0.3 is 0 Å². The van der Waals surface area contributed by atoms with Gasteiger partial charge in [-0.25, -0.2) is 4.98 Å². The number of thioether (sulfide) groups is 1. The minimum Gasteiger partial charge on any atom is -0.492 e. The van der Waals surface area contributed by atoms with E-state index in [-0.39, 0.29) is 23.3 Å². The fraction of sp³-hybridized carbons (Fsp3) is 0.381. The standard InChI is InChI=1S/C21H26N4O3S/c1-5-14(4)25-20(27)19-16(11-13(3)22-19)24-21(25)29-12-18(26)23-15-9-7-8-10-17(15)28-6-2/h7-11,14,22H,5-6,12H2,1-4H3,(H,23,26)/t14-/m0/s1. The second-order valence-electron chi connectivity index (χ2n) is 6.81. The Labute approximate surface area is 173 Å². The fourth-order valence-electron chi connectivity index (χ4n) is 3.03. The number of para-hydroxylation sites is 2. The Kier molecular flexibility index (Phi) is 6.64. The molecule has 8 heteroatoms. The Hall–Kier alpha value is -2.74. The van der Waals surface area contributed by atoms with Crippen LogP contribution < -0.4 is 15.6 Å². The van der Waals surface area contributed by atoms with E-state index in [9.17, 15) is 9.59 Å². The van der Waals surface area contributed by atoms with Crippen LogP contribution in [0.25, 0.3) is 11.0 Å². The van der Waals surface area contributed by atoms with E-state index in [2.05, 4.69) is 15.3 Å². The molecular weight excluding hydrogens is 388 g/mol. The van der Waals surface area contributed by atoms with Crippen molar-refractivity contribution >= 4 is 34.4 Å². The summed E-state index contributed by atoms with van der Waals surface area (Å²) in [5, 5.41) is 3.42. The molecule has 0 spiro atoms. The largest absolute Gasteiger partial charge is 0.492 e. The summed E-state index contributed by atoms with van der Waals surface area (Å²) in [6, 6.07) is 9.15. The van der Waals surface area contributed by atoms with Gasteiger partial charge in [0.05, 0.1) is 23.6 Å². The van der Waals surface area contributed by atoms with Gasteiger partial charge in [-0.2, -0.15) is 0 Å². The summed E-state index contributed by atoms with van der Waals surface area (Å²) in [7, 11) is 0. The maximum absolute atomic E-state index is 13.0. The van der Waals surface area contributed by atoms with Crippen molar-refractivity contribution < 1.29 is 9.53 Å². The van der Waals surface area contributed by atoms with E-state index in [1.807, 2.05) is 52.0 Å². The van der Waals surface area contributed by atoms with Gasteiger partial charge in [-0.1, -0.05) is 30.8 Å². The number of ether oxygens (including phenoxy) is 1. The number of hydrogen-bond acceptors (Lipinski definition) is 5. The van der Waals surface area contributed by atoms with E-state index < -0.39 is 0 Å². The molecule has 0 aliphatic heterocycles. The van der Waals surface area contributed by atoms with Crippen LogP contribution in [0.3, 0.4) is 0 Å². The third kappa shape index (κ3) is 4.64. The highest BCUT2D eigenvalue weighted by Gasteiger charge is 2.18. The highest BCUT2D eigenvalue weighted by Crippen LogP contribution is 2.26. The molecule has 1 aromatic carbocycles. The number of anilines is 1. The molecule has 154 valence electrons. The van der Waals surface area contributed by atoms with Gasteiger partial charge in [-0.3, -0.25) is 14.2 Å². The molecule has 0 saturated carbocycles. The first kappa shape index (κ1) is 21.0. The molecule has 0 unspecified atom stereocenters. The molecule has 2 aromatic heterocycles. The minimum atomic E-state index is -0.183. The second-order valence-corrected chi connectivity index (χ2v) is 7.75. The molecule has 1 atom stereocenters. The molecule has 0 saturated heterocycles. The number of rotatable bonds is 8. The number of aromatic nitrogens is 3. The summed E-state index contributed by atoms with van der Waals surface area (Å²) in [5.41, 5.74) is 2.53. The van der Waals surface area contributed by atoms with Crippen LogP contribution in [0.15, 0.2) is 40.3 Å². The molecule has 0 aliphatic carbocycles. The Bertz CT molecular complexity index is 1070. The number of aryl methyl sites for hydroxylation is 1. The smallest absolute Gasteiger partial charge is 0.278 e. The predicted molar refractivity (Wildman–Crippen MR) is 117 cm³/mol. The summed E-state index contributed by atoms with van der Waals surface area (Å²) in [6.45, 7) is 8.31. The van der Waals surface area contributed by atoms with Crippen molar-refractivity contribution in [1.29, 1.82) is 0 Å². The number of carbonyl (C=O) groups excluding carboxylic acids is 1. The molecule has 2 N–H and O–H groups in total. The van der Waals surface area contributed by atoms with Crippen LogP contribution in [0.5, 0.6) is 5.75 Å².